The fraction of sp³-hybridized carbons (Fsp3) is 0.310. The fourth-order valence-electron chi connectivity index (χ4n) is 4.37. The number of anilines is 1. The molecular weight excluding hydrogens is 454 g/mol. The van der Waals surface area contributed by atoms with E-state index < -0.39 is 6.09 Å². The van der Waals surface area contributed by atoms with Crippen LogP contribution in [0.25, 0.3) is 11.1 Å². The van der Waals surface area contributed by atoms with Gasteiger partial charge in [0.1, 0.15) is 12.7 Å². The Morgan fingerprint density at radius 2 is 1.56 bits per heavy atom. The Labute approximate surface area is 212 Å². The van der Waals surface area contributed by atoms with E-state index in [-0.39, 0.29) is 18.8 Å². The van der Waals surface area contributed by atoms with Gasteiger partial charge in [0.25, 0.3) is 0 Å². The highest BCUT2D eigenvalue weighted by Gasteiger charge is 2.26. The summed E-state index contributed by atoms with van der Waals surface area (Å²) in [5, 5.41) is 2.92. The van der Waals surface area contributed by atoms with Crippen LogP contribution in [-0.2, 0) is 16.1 Å². The molecular formula is C29H34N3O4+. The average Bonchev–Trinajstić information content (AvgIpc) is 2.92. The highest BCUT2D eigenvalue weighted by atomic mass is 16.6. The first kappa shape index (κ1) is 25.3. The zero-order chi connectivity index (χ0) is 25.2. The third-order valence-corrected chi connectivity index (χ3v) is 6.48. The maximum Gasteiger partial charge on any atom is 0.411 e. The second-order valence-electron chi connectivity index (χ2n) is 9.10. The standard InChI is InChI=1S/C29H33N3O4/c1-31(29(34)35-22-23-10-4-2-5-11-23)20-21-32-18-16-25(17-19-32)36-28(33)30-27-15-9-8-14-26(27)24-12-6-3-7-13-24/h2-15,25H,16-22H2,1H3,(H,30,33)/p+1. The van der Waals surface area contributed by atoms with Gasteiger partial charge in [0.15, 0.2) is 0 Å². The van der Waals surface area contributed by atoms with Gasteiger partial charge in [0, 0.05) is 25.5 Å². The summed E-state index contributed by atoms with van der Waals surface area (Å²) in [6.45, 7) is 3.51. The third kappa shape index (κ3) is 7.33. The number of rotatable bonds is 8. The van der Waals surface area contributed by atoms with Crippen LogP contribution in [0.15, 0.2) is 84.9 Å². The van der Waals surface area contributed by atoms with E-state index in [9.17, 15) is 9.59 Å². The molecule has 4 rings (SSSR count). The largest absolute Gasteiger partial charge is 0.446 e. The maximum absolute atomic E-state index is 12.6. The number of carbonyl (C=O) groups is 2. The van der Waals surface area contributed by atoms with Crippen LogP contribution < -0.4 is 10.2 Å². The lowest BCUT2D eigenvalue weighted by Crippen LogP contribution is -3.14. The molecule has 1 aliphatic rings. The number of ether oxygens (including phenoxy) is 2. The zero-order valence-electron chi connectivity index (χ0n) is 20.7. The molecule has 1 fully saturated rings. The van der Waals surface area contributed by atoms with Crippen molar-refractivity contribution in [3.8, 4) is 11.1 Å². The van der Waals surface area contributed by atoms with Gasteiger partial charge in [-0.3, -0.25) is 5.32 Å². The van der Waals surface area contributed by atoms with Crippen LogP contribution in [0.2, 0.25) is 0 Å². The first-order valence-electron chi connectivity index (χ1n) is 12.5. The number of nitrogens with zero attached hydrogens (tertiary/aromatic N) is 1. The number of carbonyl (C=O) groups excluding carboxylic acids is 2. The van der Waals surface area contributed by atoms with Crippen molar-refractivity contribution in [3.05, 3.63) is 90.5 Å². The molecule has 0 atom stereocenters. The van der Waals surface area contributed by atoms with Gasteiger partial charge in [-0.2, -0.15) is 0 Å². The van der Waals surface area contributed by atoms with Crippen LogP contribution in [0.1, 0.15) is 18.4 Å². The van der Waals surface area contributed by atoms with E-state index in [1.807, 2.05) is 84.9 Å². The minimum absolute atomic E-state index is 0.105. The molecule has 0 saturated carbocycles. The average molecular weight is 489 g/mol. The van der Waals surface area contributed by atoms with Crippen molar-refractivity contribution in [2.45, 2.75) is 25.6 Å². The quantitative estimate of drug-likeness (QED) is 0.498. The normalized spacial score (nSPS) is 17.1. The molecule has 188 valence electrons. The van der Waals surface area contributed by atoms with E-state index in [2.05, 4.69) is 5.32 Å². The topological polar surface area (TPSA) is 72.3 Å². The third-order valence-electron chi connectivity index (χ3n) is 6.48. The number of quaternary nitrogens is 1. The van der Waals surface area contributed by atoms with Crippen LogP contribution in [-0.4, -0.2) is 56.4 Å². The predicted molar refractivity (Wildman–Crippen MR) is 140 cm³/mol. The number of para-hydroxylation sites is 1. The Bertz CT molecular complexity index is 1120. The van der Waals surface area contributed by atoms with E-state index in [0.717, 1.165) is 54.9 Å². The number of hydrogen-bond acceptors (Lipinski definition) is 4. The van der Waals surface area contributed by atoms with Gasteiger partial charge in [-0.15, -0.1) is 0 Å². The summed E-state index contributed by atoms with van der Waals surface area (Å²) in [4.78, 5) is 27.9. The number of hydrogen-bond donors (Lipinski definition) is 2. The van der Waals surface area contributed by atoms with Gasteiger partial charge < -0.3 is 19.3 Å². The molecule has 36 heavy (non-hydrogen) atoms. The van der Waals surface area contributed by atoms with Crippen LogP contribution >= 0.6 is 0 Å². The molecule has 0 aromatic heterocycles. The zero-order valence-corrected chi connectivity index (χ0v) is 20.7. The van der Waals surface area contributed by atoms with Gasteiger partial charge in [-0.1, -0.05) is 78.9 Å². The minimum Gasteiger partial charge on any atom is -0.446 e. The van der Waals surface area contributed by atoms with Crippen molar-refractivity contribution >= 4 is 17.9 Å². The maximum atomic E-state index is 12.6. The lowest BCUT2D eigenvalue weighted by atomic mass is 10.0. The number of piperidine rings is 1. The first-order chi connectivity index (χ1) is 17.6. The van der Waals surface area contributed by atoms with Crippen molar-refractivity contribution in [2.24, 2.45) is 0 Å². The van der Waals surface area contributed by atoms with E-state index in [1.165, 1.54) is 4.90 Å². The second kappa shape index (κ2) is 12.7. The Morgan fingerprint density at radius 3 is 2.28 bits per heavy atom. The van der Waals surface area contributed by atoms with Gasteiger partial charge in [0.05, 0.1) is 31.9 Å². The molecule has 0 bridgehead atoms. The van der Waals surface area contributed by atoms with E-state index in [4.69, 9.17) is 9.47 Å². The lowest BCUT2D eigenvalue weighted by Gasteiger charge is -2.30. The molecule has 0 spiro atoms. The molecule has 7 heteroatoms. The molecule has 0 radical (unpaired) electrons. The Hall–Kier alpha value is -3.84. The van der Waals surface area contributed by atoms with Crippen LogP contribution in [0.5, 0.6) is 0 Å². The summed E-state index contributed by atoms with van der Waals surface area (Å²) in [7, 11) is 1.76. The minimum atomic E-state index is -0.423. The number of amides is 2. The van der Waals surface area contributed by atoms with E-state index in [0.29, 0.717) is 6.54 Å². The Morgan fingerprint density at radius 1 is 0.917 bits per heavy atom. The van der Waals surface area contributed by atoms with Crippen molar-refractivity contribution in [1.29, 1.82) is 0 Å². The number of benzene rings is 3. The number of likely N-dealkylation sites (tertiary alicyclic amines) is 1. The lowest BCUT2D eigenvalue weighted by molar-refractivity contribution is -0.905. The van der Waals surface area contributed by atoms with Gasteiger partial charge >= 0.3 is 12.2 Å². The summed E-state index contributed by atoms with van der Waals surface area (Å²) in [6, 6.07) is 27.4. The van der Waals surface area contributed by atoms with Crippen LogP contribution in [0.3, 0.4) is 0 Å². The van der Waals surface area contributed by atoms with Crippen molar-refractivity contribution in [3.63, 3.8) is 0 Å². The SMILES string of the molecule is CN(CC[NH+]1CCC(OC(=O)Nc2ccccc2-c2ccccc2)CC1)C(=O)OCc1ccccc1. The van der Waals surface area contributed by atoms with Crippen molar-refractivity contribution < 1.29 is 24.0 Å². The van der Waals surface area contributed by atoms with E-state index in [1.54, 1.807) is 11.9 Å². The highest BCUT2D eigenvalue weighted by Crippen LogP contribution is 2.27. The fourth-order valence-corrected chi connectivity index (χ4v) is 4.37. The summed E-state index contributed by atoms with van der Waals surface area (Å²) in [5.74, 6) is 0. The molecule has 1 aliphatic heterocycles. The molecule has 2 amide bonds. The molecule has 7 nitrogen and oxygen atoms in total. The first-order valence-corrected chi connectivity index (χ1v) is 12.5. The number of likely N-dealkylation sites (N-methyl/N-ethyl adjacent to an activating group) is 1. The summed E-state index contributed by atoms with van der Waals surface area (Å²) in [5.41, 5.74) is 3.71. The number of nitrogens with one attached hydrogen (secondary N) is 2. The molecule has 1 saturated heterocycles. The molecule has 3 aromatic carbocycles. The summed E-state index contributed by atoms with van der Waals surface area (Å²) >= 11 is 0. The van der Waals surface area contributed by atoms with Gasteiger partial charge in [-0.25, -0.2) is 9.59 Å². The van der Waals surface area contributed by atoms with Crippen molar-refractivity contribution in [1.82, 2.24) is 4.90 Å². The van der Waals surface area contributed by atoms with Crippen molar-refractivity contribution in [2.75, 3.05) is 38.5 Å². The molecule has 0 aliphatic carbocycles. The monoisotopic (exact) mass is 488 g/mol. The highest BCUT2D eigenvalue weighted by molar-refractivity contribution is 5.91. The second-order valence-corrected chi connectivity index (χ2v) is 9.10. The molecule has 2 N–H and O–H groups in total. The predicted octanol–water partition coefficient (Wildman–Crippen LogP) is 4.22. The molecule has 3 aromatic rings. The van der Waals surface area contributed by atoms with Crippen LogP contribution in [0.4, 0.5) is 15.3 Å². The molecule has 1 heterocycles. The van der Waals surface area contributed by atoms with Gasteiger partial charge in [0.2, 0.25) is 0 Å². The summed E-state index contributed by atoms with van der Waals surface area (Å²) < 4.78 is 11.1. The summed E-state index contributed by atoms with van der Waals surface area (Å²) in [6.07, 6.45) is 0.749. The van der Waals surface area contributed by atoms with Crippen LogP contribution in [0, 0.1) is 0 Å². The Kier molecular flexibility index (Phi) is 8.94. The van der Waals surface area contributed by atoms with E-state index >= 15 is 0 Å². The Balaban J connectivity index is 1.17. The molecule has 0 unspecified atom stereocenters. The smallest absolute Gasteiger partial charge is 0.411 e. The van der Waals surface area contributed by atoms with Gasteiger partial charge in [-0.05, 0) is 17.2 Å².